The van der Waals surface area contributed by atoms with Crippen LogP contribution in [0, 0.1) is 12.7 Å². The predicted octanol–water partition coefficient (Wildman–Crippen LogP) is 4.18. The Morgan fingerprint density at radius 1 is 1.26 bits per heavy atom. The third-order valence-electron chi connectivity index (χ3n) is 2.92. The zero-order valence-electron chi connectivity index (χ0n) is 10.1. The van der Waals surface area contributed by atoms with Gasteiger partial charge >= 0.3 is 0 Å². The number of nitrogens with two attached hydrogens (primary N) is 1. The van der Waals surface area contributed by atoms with Crippen LogP contribution in [0.3, 0.4) is 0 Å². The van der Waals surface area contributed by atoms with E-state index < -0.39 is 5.82 Å². The van der Waals surface area contributed by atoms with Crippen LogP contribution in [0.4, 0.5) is 10.1 Å². The Morgan fingerprint density at radius 3 is 2.84 bits per heavy atom. The number of hydrogen-bond acceptors (Lipinski definition) is 3. The molecule has 96 valence electrons. The molecule has 0 saturated carbocycles. The van der Waals surface area contributed by atoms with E-state index in [9.17, 15) is 4.39 Å². The molecular formula is C14H10ClFN2O. The minimum atomic E-state index is -0.527. The summed E-state index contributed by atoms with van der Waals surface area (Å²) in [6.07, 6.45) is 0. The van der Waals surface area contributed by atoms with Gasteiger partial charge in [-0.1, -0.05) is 17.7 Å². The van der Waals surface area contributed by atoms with E-state index in [0.717, 1.165) is 11.1 Å². The number of nitrogen functional groups attached to an aromatic ring is 1. The molecule has 0 amide bonds. The van der Waals surface area contributed by atoms with Gasteiger partial charge in [0.1, 0.15) is 11.3 Å². The van der Waals surface area contributed by atoms with Crippen LogP contribution in [0.15, 0.2) is 34.7 Å². The van der Waals surface area contributed by atoms with Gasteiger partial charge in [-0.05, 0) is 30.7 Å². The summed E-state index contributed by atoms with van der Waals surface area (Å²) in [5.74, 6) is -0.123. The zero-order valence-corrected chi connectivity index (χ0v) is 10.8. The molecule has 2 aromatic carbocycles. The van der Waals surface area contributed by atoms with Crippen LogP contribution in [-0.4, -0.2) is 4.98 Å². The van der Waals surface area contributed by atoms with E-state index in [4.69, 9.17) is 21.8 Å². The topological polar surface area (TPSA) is 52.0 Å². The monoisotopic (exact) mass is 276 g/mol. The van der Waals surface area contributed by atoms with Gasteiger partial charge in [0.15, 0.2) is 5.58 Å². The summed E-state index contributed by atoms with van der Waals surface area (Å²) < 4.78 is 18.9. The first-order valence-electron chi connectivity index (χ1n) is 5.66. The summed E-state index contributed by atoms with van der Waals surface area (Å²) in [7, 11) is 0. The lowest BCUT2D eigenvalue weighted by atomic mass is 10.1. The second kappa shape index (κ2) is 4.24. The molecule has 0 aliphatic carbocycles. The van der Waals surface area contributed by atoms with Crippen molar-refractivity contribution in [2.24, 2.45) is 0 Å². The van der Waals surface area contributed by atoms with Gasteiger partial charge < -0.3 is 10.2 Å². The molecule has 0 bridgehead atoms. The van der Waals surface area contributed by atoms with E-state index in [-0.39, 0.29) is 5.02 Å². The molecule has 3 aromatic rings. The molecule has 0 fully saturated rings. The lowest BCUT2D eigenvalue weighted by Gasteiger charge is -2.01. The average Bonchev–Trinajstić information content (AvgIpc) is 2.75. The molecule has 0 atom stereocenters. The number of anilines is 1. The van der Waals surface area contributed by atoms with Crippen LogP contribution < -0.4 is 5.73 Å². The first-order chi connectivity index (χ1) is 9.04. The highest BCUT2D eigenvalue weighted by Gasteiger charge is 2.13. The number of fused-ring (bicyclic) bond motifs is 1. The lowest BCUT2D eigenvalue weighted by molar-refractivity contribution is 0.602. The second-order valence-corrected chi connectivity index (χ2v) is 4.73. The Kier molecular flexibility index (Phi) is 2.68. The summed E-state index contributed by atoms with van der Waals surface area (Å²) in [5, 5.41) is 0.0247. The molecule has 1 aromatic heterocycles. The summed E-state index contributed by atoms with van der Waals surface area (Å²) in [6.45, 7) is 1.93. The molecular weight excluding hydrogens is 267 g/mol. The number of nitrogens with zero attached hydrogens (tertiary/aromatic N) is 1. The molecule has 0 unspecified atom stereocenters. The Hall–Kier alpha value is -2.07. The number of hydrogen-bond donors (Lipinski definition) is 1. The van der Waals surface area contributed by atoms with Gasteiger partial charge in [-0.15, -0.1) is 0 Å². The molecule has 2 N–H and O–H groups in total. The van der Waals surface area contributed by atoms with Crippen molar-refractivity contribution in [1.82, 2.24) is 4.98 Å². The fourth-order valence-electron chi connectivity index (χ4n) is 1.91. The van der Waals surface area contributed by atoms with E-state index in [2.05, 4.69) is 4.98 Å². The number of halogens is 2. The SMILES string of the molecule is Cc1ccc(N)cc1-c1nc2cc(Cl)c(F)cc2o1. The zero-order chi connectivity index (χ0) is 13.6. The molecule has 19 heavy (non-hydrogen) atoms. The molecule has 0 aliphatic rings. The van der Waals surface area contributed by atoms with Gasteiger partial charge in [-0.2, -0.15) is 0 Å². The van der Waals surface area contributed by atoms with Gasteiger partial charge in [-0.25, -0.2) is 9.37 Å². The van der Waals surface area contributed by atoms with Crippen molar-refractivity contribution >= 4 is 28.4 Å². The van der Waals surface area contributed by atoms with E-state index in [1.807, 2.05) is 13.0 Å². The predicted molar refractivity (Wildman–Crippen MR) is 73.6 cm³/mol. The first-order valence-corrected chi connectivity index (χ1v) is 6.04. The fraction of sp³-hybridized carbons (Fsp3) is 0.0714. The first kappa shape index (κ1) is 12.0. The van der Waals surface area contributed by atoms with Gasteiger partial charge in [-0.3, -0.25) is 0 Å². The smallest absolute Gasteiger partial charge is 0.227 e. The van der Waals surface area contributed by atoms with Crippen molar-refractivity contribution in [3.63, 3.8) is 0 Å². The van der Waals surface area contributed by atoms with Gasteiger partial charge in [0, 0.05) is 17.3 Å². The standard InChI is InChI=1S/C14H10ClFN2O/c1-7-2-3-8(17)4-9(7)14-18-12-5-10(15)11(16)6-13(12)19-14/h2-6H,17H2,1H3. The van der Waals surface area contributed by atoms with Gasteiger partial charge in [0.25, 0.3) is 0 Å². The normalized spacial score (nSPS) is 11.1. The number of rotatable bonds is 1. The average molecular weight is 277 g/mol. The maximum absolute atomic E-state index is 13.4. The van der Waals surface area contributed by atoms with Crippen LogP contribution >= 0.6 is 11.6 Å². The van der Waals surface area contributed by atoms with E-state index in [1.165, 1.54) is 12.1 Å². The van der Waals surface area contributed by atoms with Crippen LogP contribution in [0.1, 0.15) is 5.56 Å². The highest BCUT2D eigenvalue weighted by molar-refractivity contribution is 6.31. The highest BCUT2D eigenvalue weighted by Crippen LogP contribution is 2.30. The molecule has 5 heteroatoms. The van der Waals surface area contributed by atoms with Gasteiger partial charge in [0.05, 0.1) is 5.02 Å². The van der Waals surface area contributed by atoms with Crippen molar-refractivity contribution in [3.8, 4) is 11.5 Å². The van der Waals surface area contributed by atoms with E-state index in [1.54, 1.807) is 12.1 Å². The van der Waals surface area contributed by atoms with Gasteiger partial charge in [0.2, 0.25) is 5.89 Å². The van der Waals surface area contributed by atoms with Crippen LogP contribution in [0.25, 0.3) is 22.6 Å². The Labute approximate surface area is 113 Å². The number of benzene rings is 2. The fourth-order valence-corrected chi connectivity index (χ4v) is 2.07. The summed E-state index contributed by atoms with van der Waals surface area (Å²) >= 11 is 5.72. The molecule has 0 aliphatic heterocycles. The van der Waals surface area contributed by atoms with Crippen molar-refractivity contribution in [1.29, 1.82) is 0 Å². The summed E-state index contributed by atoms with van der Waals surface area (Å²) in [6, 6.07) is 8.14. The third-order valence-corrected chi connectivity index (χ3v) is 3.21. The number of aryl methyl sites for hydroxylation is 1. The quantitative estimate of drug-likeness (QED) is 0.678. The van der Waals surface area contributed by atoms with Crippen LogP contribution in [-0.2, 0) is 0 Å². The lowest BCUT2D eigenvalue weighted by Crippen LogP contribution is -1.88. The third kappa shape index (κ3) is 2.04. The molecule has 3 rings (SSSR count). The maximum Gasteiger partial charge on any atom is 0.227 e. The van der Waals surface area contributed by atoms with Crippen molar-refractivity contribution in [2.75, 3.05) is 5.73 Å². The molecule has 0 spiro atoms. The minimum absolute atomic E-state index is 0.0247. The molecule has 0 saturated heterocycles. The van der Waals surface area contributed by atoms with Crippen LogP contribution in [0.5, 0.6) is 0 Å². The van der Waals surface area contributed by atoms with Crippen molar-refractivity contribution in [2.45, 2.75) is 6.92 Å². The van der Waals surface area contributed by atoms with E-state index in [0.29, 0.717) is 22.7 Å². The Balaban J connectivity index is 2.23. The second-order valence-electron chi connectivity index (χ2n) is 4.33. The molecule has 0 radical (unpaired) electrons. The number of aromatic nitrogens is 1. The van der Waals surface area contributed by atoms with Crippen LogP contribution in [0.2, 0.25) is 5.02 Å². The highest BCUT2D eigenvalue weighted by atomic mass is 35.5. The molecule has 1 heterocycles. The number of oxazole rings is 1. The largest absolute Gasteiger partial charge is 0.436 e. The Morgan fingerprint density at radius 2 is 2.05 bits per heavy atom. The van der Waals surface area contributed by atoms with Crippen molar-refractivity contribution < 1.29 is 8.81 Å². The summed E-state index contributed by atoms with van der Waals surface area (Å²) in [4.78, 5) is 4.31. The minimum Gasteiger partial charge on any atom is -0.436 e. The Bertz CT molecular complexity index is 743. The molecule has 3 nitrogen and oxygen atoms in total. The van der Waals surface area contributed by atoms with E-state index >= 15 is 0 Å². The van der Waals surface area contributed by atoms with Crippen molar-refractivity contribution in [3.05, 3.63) is 46.7 Å². The summed E-state index contributed by atoms with van der Waals surface area (Å²) in [5.41, 5.74) is 9.02. The maximum atomic E-state index is 13.4.